The van der Waals surface area contributed by atoms with Gasteiger partial charge in [-0.2, -0.15) is 0 Å². The quantitative estimate of drug-likeness (QED) is 0.529. The molecule has 6 nitrogen and oxygen atoms in total. The van der Waals surface area contributed by atoms with Crippen LogP contribution in [0.3, 0.4) is 0 Å². The van der Waals surface area contributed by atoms with E-state index in [2.05, 4.69) is 0 Å². The van der Waals surface area contributed by atoms with Crippen molar-refractivity contribution in [1.82, 2.24) is 0 Å². The average Bonchev–Trinajstić information content (AvgIpc) is 2.84. The summed E-state index contributed by atoms with van der Waals surface area (Å²) in [6.07, 6.45) is -6.81. The van der Waals surface area contributed by atoms with E-state index in [1.807, 2.05) is 91.0 Å². The summed E-state index contributed by atoms with van der Waals surface area (Å²) >= 11 is 0. The van der Waals surface area contributed by atoms with E-state index in [9.17, 15) is 15.3 Å². The van der Waals surface area contributed by atoms with Crippen LogP contribution in [0.1, 0.15) is 16.7 Å². The van der Waals surface area contributed by atoms with E-state index in [1.54, 1.807) is 0 Å². The first kappa shape index (κ1) is 21.6. The molecule has 5 atom stereocenters. The summed E-state index contributed by atoms with van der Waals surface area (Å²) in [6, 6.07) is 28.8. The molecule has 3 aromatic rings. The first-order valence-electron chi connectivity index (χ1n) is 10.1. The molecular weight excluding hydrogens is 396 g/mol. The zero-order chi connectivity index (χ0) is 21.8. The van der Waals surface area contributed by atoms with Crippen LogP contribution in [0.5, 0.6) is 0 Å². The average molecular weight is 422 g/mol. The van der Waals surface area contributed by atoms with Crippen LogP contribution in [0.15, 0.2) is 91.0 Å². The molecule has 1 aliphatic heterocycles. The van der Waals surface area contributed by atoms with Crippen LogP contribution in [-0.2, 0) is 19.8 Å². The molecule has 4 rings (SSSR count). The smallest absolute Gasteiger partial charge is 0.191 e. The van der Waals surface area contributed by atoms with Gasteiger partial charge in [-0.15, -0.1) is 0 Å². The highest BCUT2D eigenvalue weighted by molar-refractivity contribution is 5.47. The van der Waals surface area contributed by atoms with Crippen molar-refractivity contribution in [2.75, 3.05) is 7.11 Å². The molecule has 31 heavy (non-hydrogen) atoms. The molecule has 0 aliphatic carbocycles. The van der Waals surface area contributed by atoms with Crippen LogP contribution in [-0.4, -0.2) is 53.3 Å². The lowest BCUT2D eigenvalue weighted by Crippen LogP contribution is -2.60. The molecule has 0 aromatic heterocycles. The fraction of sp³-hybridized carbons (Fsp3) is 0.280. The van der Waals surface area contributed by atoms with Gasteiger partial charge in [-0.05, 0) is 16.7 Å². The molecule has 0 bridgehead atoms. The summed E-state index contributed by atoms with van der Waals surface area (Å²) in [6.45, 7) is 0. The lowest BCUT2D eigenvalue weighted by Gasteiger charge is -2.45. The van der Waals surface area contributed by atoms with Crippen molar-refractivity contribution >= 4 is 0 Å². The molecule has 1 heterocycles. The number of rotatable bonds is 6. The maximum absolute atomic E-state index is 10.7. The van der Waals surface area contributed by atoms with Crippen LogP contribution < -0.4 is 0 Å². The topological polar surface area (TPSA) is 88.4 Å². The molecule has 1 aliphatic rings. The van der Waals surface area contributed by atoms with Crippen molar-refractivity contribution in [1.29, 1.82) is 0 Å². The largest absolute Gasteiger partial charge is 0.387 e. The third kappa shape index (κ3) is 4.02. The molecule has 0 amide bonds. The van der Waals surface area contributed by atoms with E-state index in [0.29, 0.717) is 0 Å². The summed E-state index contributed by atoms with van der Waals surface area (Å²) in [5.74, 6) is 0. The highest BCUT2D eigenvalue weighted by Gasteiger charge is 2.49. The van der Waals surface area contributed by atoms with Crippen molar-refractivity contribution in [2.45, 2.75) is 36.5 Å². The molecule has 1 saturated heterocycles. The summed E-state index contributed by atoms with van der Waals surface area (Å²) in [5, 5.41) is 31.3. The Hall–Kier alpha value is -2.58. The van der Waals surface area contributed by atoms with Gasteiger partial charge >= 0.3 is 0 Å². The minimum absolute atomic E-state index is 0.817. The van der Waals surface area contributed by atoms with Gasteiger partial charge in [0.05, 0.1) is 0 Å². The van der Waals surface area contributed by atoms with Gasteiger partial charge < -0.3 is 29.5 Å². The Bertz CT molecular complexity index is 851. The highest BCUT2D eigenvalue weighted by atomic mass is 16.8. The van der Waals surface area contributed by atoms with Crippen molar-refractivity contribution in [3.63, 3.8) is 0 Å². The van der Waals surface area contributed by atoms with E-state index in [0.717, 1.165) is 16.7 Å². The Balaban J connectivity index is 1.88. The van der Waals surface area contributed by atoms with Crippen molar-refractivity contribution in [3.05, 3.63) is 108 Å². The molecule has 6 heteroatoms. The maximum Gasteiger partial charge on any atom is 0.191 e. The Morgan fingerprint density at radius 2 is 1.00 bits per heavy atom. The number of hydrogen-bond donors (Lipinski definition) is 3. The molecule has 5 unspecified atom stereocenters. The van der Waals surface area contributed by atoms with Crippen LogP contribution in [0.2, 0.25) is 0 Å². The first-order valence-corrected chi connectivity index (χ1v) is 10.1. The normalized spacial score (nSPS) is 26.5. The van der Waals surface area contributed by atoms with Gasteiger partial charge in [-0.1, -0.05) is 91.0 Å². The van der Waals surface area contributed by atoms with Gasteiger partial charge in [-0.25, -0.2) is 0 Å². The monoisotopic (exact) mass is 422 g/mol. The molecule has 162 valence electrons. The van der Waals surface area contributed by atoms with Crippen LogP contribution in [0, 0.1) is 0 Å². The Labute approximate surface area is 181 Å². The lowest BCUT2D eigenvalue weighted by atomic mass is 9.80. The summed E-state index contributed by atoms with van der Waals surface area (Å²) in [5.41, 5.74) is 1.30. The van der Waals surface area contributed by atoms with E-state index in [-0.39, 0.29) is 0 Å². The Morgan fingerprint density at radius 3 is 1.39 bits per heavy atom. The fourth-order valence-electron chi connectivity index (χ4n) is 4.01. The van der Waals surface area contributed by atoms with Gasteiger partial charge in [0.2, 0.25) is 0 Å². The molecule has 0 spiro atoms. The third-order valence-electron chi connectivity index (χ3n) is 5.59. The SMILES string of the molecule is COC1OC(OC(c2ccccc2)(c2ccccc2)c2ccccc2)C(O)C(O)C1O. The maximum atomic E-state index is 10.7. The van der Waals surface area contributed by atoms with Gasteiger partial charge in [0.25, 0.3) is 0 Å². The lowest BCUT2D eigenvalue weighted by molar-refractivity contribution is -0.358. The molecule has 1 fully saturated rings. The van der Waals surface area contributed by atoms with E-state index in [4.69, 9.17) is 14.2 Å². The number of methoxy groups -OCH3 is 1. The highest BCUT2D eigenvalue weighted by Crippen LogP contribution is 2.43. The van der Waals surface area contributed by atoms with Crippen LogP contribution >= 0.6 is 0 Å². The number of aliphatic hydroxyl groups excluding tert-OH is 3. The van der Waals surface area contributed by atoms with E-state index < -0.39 is 36.5 Å². The van der Waals surface area contributed by atoms with E-state index in [1.165, 1.54) is 7.11 Å². The minimum atomic E-state index is -1.50. The van der Waals surface area contributed by atoms with Crippen molar-refractivity contribution < 1.29 is 29.5 Å². The van der Waals surface area contributed by atoms with Gasteiger partial charge in [0.15, 0.2) is 12.6 Å². The standard InChI is InChI=1S/C25H26O6/c1-29-23-21(27)20(26)22(28)24(30-23)31-25(17-11-5-2-6-12-17,18-13-7-3-8-14-18)19-15-9-4-10-16-19/h2-16,20-24,26-28H,1H3. The van der Waals surface area contributed by atoms with Gasteiger partial charge in [0.1, 0.15) is 23.9 Å². The number of ether oxygens (including phenoxy) is 3. The number of hydrogen-bond acceptors (Lipinski definition) is 6. The molecule has 0 radical (unpaired) electrons. The van der Waals surface area contributed by atoms with Gasteiger partial charge in [-0.3, -0.25) is 0 Å². The fourth-order valence-corrected chi connectivity index (χ4v) is 4.01. The predicted molar refractivity (Wildman–Crippen MR) is 114 cm³/mol. The summed E-state index contributed by atoms with van der Waals surface area (Å²) in [4.78, 5) is 0. The number of benzene rings is 3. The Kier molecular flexibility index (Phi) is 6.48. The summed E-state index contributed by atoms with van der Waals surface area (Å²) < 4.78 is 17.5. The van der Waals surface area contributed by atoms with Crippen LogP contribution in [0.4, 0.5) is 0 Å². The van der Waals surface area contributed by atoms with Gasteiger partial charge in [0, 0.05) is 7.11 Å². The second-order valence-electron chi connectivity index (χ2n) is 7.48. The molecule has 0 saturated carbocycles. The van der Waals surface area contributed by atoms with Crippen molar-refractivity contribution in [3.8, 4) is 0 Å². The zero-order valence-corrected chi connectivity index (χ0v) is 17.1. The van der Waals surface area contributed by atoms with Crippen molar-refractivity contribution in [2.24, 2.45) is 0 Å². The molecule has 3 N–H and O–H groups in total. The second-order valence-corrected chi connectivity index (χ2v) is 7.48. The molecule has 3 aromatic carbocycles. The molecular formula is C25H26O6. The minimum Gasteiger partial charge on any atom is -0.387 e. The summed E-state index contributed by atoms with van der Waals surface area (Å²) in [7, 11) is 1.36. The second kappa shape index (κ2) is 9.28. The van der Waals surface area contributed by atoms with Crippen LogP contribution in [0.25, 0.3) is 0 Å². The first-order chi connectivity index (χ1) is 15.1. The predicted octanol–water partition coefficient (Wildman–Crippen LogP) is 2.41. The zero-order valence-electron chi connectivity index (χ0n) is 17.1. The Morgan fingerprint density at radius 1 is 0.613 bits per heavy atom. The van der Waals surface area contributed by atoms with E-state index >= 15 is 0 Å². The number of aliphatic hydroxyl groups is 3. The third-order valence-corrected chi connectivity index (χ3v) is 5.59.